The number of cyclic esters (lactones) is 1. The predicted molar refractivity (Wildman–Crippen MR) is 67.3 cm³/mol. The summed E-state index contributed by atoms with van der Waals surface area (Å²) in [6.45, 7) is 3.38. The van der Waals surface area contributed by atoms with E-state index in [-0.39, 0.29) is 12.1 Å². The van der Waals surface area contributed by atoms with Crippen LogP contribution in [0.15, 0.2) is 24.3 Å². The van der Waals surface area contributed by atoms with E-state index >= 15 is 0 Å². The average Bonchev–Trinajstić information content (AvgIpc) is 2.68. The molecule has 17 heavy (non-hydrogen) atoms. The molecule has 1 aliphatic heterocycles. The minimum atomic E-state index is -0.239. The zero-order chi connectivity index (χ0) is 12.3. The Labute approximate surface area is 102 Å². The molecular formula is C13H18N2O2. The highest BCUT2D eigenvalue weighted by molar-refractivity contribution is 5.90. The molecule has 1 saturated heterocycles. The minimum absolute atomic E-state index is 0.136. The Bertz CT molecular complexity index is 406. The van der Waals surface area contributed by atoms with Gasteiger partial charge in [-0.05, 0) is 44.6 Å². The maximum absolute atomic E-state index is 11.7. The average molecular weight is 234 g/mol. The van der Waals surface area contributed by atoms with Crippen molar-refractivity contribution in [1.29, 1.82) is 0 Å². The number of ether oxygens (including phenoxy) is 1. The van der Waals surface area contributed by atoms with Crippen LogP contribution in [0.3, 0.4) is 0 Å². The molecule has 1 fully saturated rings. The molecule has 0 radical (unpaired) electrons. The van der Waals surface area contributed by atoms with Gasteiger partial charge in [0.15, 0.2) is 0 Å². The van der Waals surface area contributed by atoms with Gasteiger partial charge in [-0.1, -0.05) is 12.1 Å². The van der Waals surface area contributed by atoms with Crippen molar-refractivity contribution in [2.24, 2.45) is 0 Å². The maximum Gasteiger partial charge on any atom is 0.414 e. The summed E-state index contributed by atoms with van der Waals surface area (Å²) in [4.78, 5) is 13.5. The molecule has 0 bridgehead atoms. The molecule has 1 aliphatic rings. The first kappa shape index (κ1) is 11.9. The van der Waals surface area contributed by atoms with Crippen LogP contribution >= 0.6 is 0 Å². The molecule has 4 heteroatoms. The summed E-state index contributed by atoms with van der Waals surface area (Å²) in [6, 6.07) is 8.08. The number of carbonyl (C=O) groups is 1. The van der Waals surface area contributed by atoms with E-state index in [1.54, 1.807) is 4.90 Å². The molecule has 4 nitrogen and oxygen atoms in total. The van der Waals surface area contributed by atoms with Crippen LogP contribution in [0.4, 0.5) is 10.5 Å². The number of nitrogens with one attached hydrogen (secondary N) is 1. The molecule has 1 aromatic rings. The molecule has 1 unspecified atom stereocenters. The van der Waals surface area contributed by atoms with Crippen molar-refractivity contribution in [1.82, 2.24) is 5.32 Å². The molecule has 1 heterocycles. The highest BCUT2D eigenvalue weighted by Gasteiger charge is 2.33. The highest BCUT2D eigenvalue weighted by atomic mass is 16.6. The fraction of sp³-hybridized carbons (Fsp3) is 0.462. The molecule has 1 amide bonds. The van der Waals surface area contributed by atoms with Crippen LogP contribution in [-0.4, -0.2) is 32.3 Å². The van der Waals surface area contributed by atoms with Gasteiger partial charge < -0.3 is 10.1 Å². The summed E-state index contributed by atoms with van der Waals surface area (Å²) < 4.78 is 5.13. The molecule has 0 spiro atoms. The molecule has 0 aromatic heterocycles. The van der Waals surface area contributed by atoms with Gasteiger partial charge >= 0.3 is 6.09 Å². The summed E-state index contributed by atoms with van der Waals surface area (Å²) in [6.07, 6.45) is 0.660. The number of hydrogen-bond donors (Lipinski definition) is 1. The number of carbonyl (C=O) groups excluding carboxylic acids is 1. The second kappa shape index (κ2) is 5.19. The molecular weight excluding hydrogens is 216 g/mol. The Morgan fingerprint density at radius 1 is 1.53 bits per heavy atom. The van der Waals surface area contributed by atoms with Crippen LogP contribution < -0.4 is 10.2 Å². The van der Waals surface area contributed by atoms with Gasteiger partial charge in [0, 0.05) is 5.69 Å². The Kier molecular flexibility index (Phi) is 3.64. The largest absolute Gasteiger partial charge is 0.447 e. The normalized spacial score (nSPS) is 19.5. The Balaban J connectivity index is 2.18. The van der Waals surface area contributed by atoms with Gasteiger partial charge in [-0.2, -0.15) is 0 Å². The van der Waals surface area contributed by atoms with Crippen LogP contribution in [0, 0.1) is 6.92 Å². The number of anilines is 1. The van der Waals surface area contributed by atoms with Gasteiger partial charge in [-0.3, -0.25) is 4.90 Å². The SMILES string of the molecule is CNCCC1COC(=O)N1c1cccc(C)c1. The monoisotopic (exact) mass is 234 g/mol. The van der Waals surface area contributed by atoms with Crippen molar-refractivity contribution in [2.45, 2.75) is 19.4 Å². The van der Waals surface area contributed by atoms with E-state index in [1.807, 2.05) is 38.2 Å². The fourth-order valence-electron chi connectivity index (χ4n) is 2.08. The lowest BCUT2D eigenvalue weighted by Gasteiger charge is -2.21. The molecule has 1 aromatic carbocycles. The van der Waals surface area contributed by atoms with Crippen molar-refractivity contribution in [2.75, 3.05) is 25.1 Å². The van der Waals surface area contributed by atoms with Crippen molar-refractivity contribution >= 4 is 11.8 Å². The van der Waals surface area contributed by atoms with E-state index in [0.29, 0.717) is 6.61 Å². The summed E-state index contributed by atoms with van der Waals surface area (Å²) in [5, 5.41) is 3.10. The first-order chi connectivity index (χ1) is 8.22. The number of nitrogens with zero attached hydrogens (tertiary/aromatic N) is 1. The van der Waals surface area contributed by atoms with Crippen molar-refractivity contribution in [3.63, 3.8) is 0 Å². The minimum Gasteiger partial charge on any atom is -0.447 e. The number of benzene rings is 1. The van der Waals surface area contributed by atoms with Gasteiger partial charge in [0.05, 0.1) is 6.04 Å². The van der Waals surface area contributed by atoms with Crippen LogP contribution in [0.5, 0.6) is 0 Å². The van der Waals surface area contributed by atoms with Crippen LogP contribution in [0.2, 0.25) is 0 Å². The van der Waals surface area contributed by atoms with E-state index in [4.69, 9.17) is 4.74 Å². The van der Waals surface area contributed by atoms with Crippen LogP contribution in [0.25, 0.3) is 0 Å². The predicted octanol–water partition coefficient (Wildman–Crippen LogP) is 1.93. The molecule has 2 rings (SSSR count). The molecule has 0 aliphatic carbocycles. The zero-order valence-corrected chi connectivity index (χ0v) is 10.3. The second-order valence-corrected chi connectivity index (χ2v) is 4.33. The fourth-order valence-corrected chi connectivity index (χ4v) is 2.08. The first-order valence-corrected chi connectivity index (χ1v) is 5.89. The molecule has 1 atom stereocenters. The number of amides is 1. The lowest BCUT2D eigenvalue weighted by molar-refractivity contribution is 0.178. The Morgan fingerprint density at radius 2 is 2.35 bits per heavy atom. The van der Waals surface area contributed by atoms with Crippen LogP contribution in [-0.2, 0) is 4.74 Å². The van der Waals surface area contributed by atoms with Crippen molar-refractivity contribution < 1.29 is 9.53 Å². The first-order valence-electron chi connectivity index (χ1n) is 5.89. The van der Waals surface area contributed by atoms with Crippen molar-refractivity contribution in [3.8, 4) is 0 Å². The van der Waals surface area contributed by atoms with Gasteiger partial charge in [0.2, 0.25) is 0 Å². The van der Waals surface area contributed by atoms with Gasteiger partial charge in [-0.15, -0.1) is 0 Å². The van der Waals surface area contributed by atoms with E-state index < -0.39 is 0 Å². The maximum atomic E-state index is 11.7. The quantitative estimate of drug-likeness (QED) is 0.865. The summed E-state index contributed by atoms with van der Waals surface area (Å²) in [7, 11) is 1.91. The highest BCUT2D eigenvalue weighted by Crippen LogP contribution is 2.25. The number of aryl methyl sites for hydroxylation is 1. The van der Waals surface area contributed by atoms with E-state index in [9.17, 15) is 4.79 Å². The zero-order valence-electron chi connectivity index (χ0n) is 10.3. The number of rotatable bonds is 4. The third-order valence-corrected chi connectivity index (χ3v) is 2.97. The standard InChI is InChI=1S/C13H18N2O2/c1-10-4-3-5-11(8-10)15-12(6-7-14-2)9-17-13(15)16/h3-5,8,12,14H,6-7,9H2,1-2H3. The summed E-state index contributed by atoms with van der Waals surface area (Å²) in [5.74, 6) is 0. The third kappa shape index (κ3) is 2.58. The molecule has 0 saturated carbocycles. The van der Waals surface area contributed by atoms with E-state index in [2.05, 4.69) is 5.32 Å². The van der Waals surface area contributed by atoms with E-state index in [0.717, 1.165) is 24.2 Å². The second-order valence-electron chi connectivity index (χ2n) is 4.33. The lowest BCUT2D eigenvalue weighted by Crippen LogP contribution is -2.35. The smallest absolute Gasteiger partial charge is 0.414 e. The summed E-state index contributed by atoms with van der Waals surface area (Å²) in [5.41, 5.74) is 2.07. The van der Waals surface area contributed by atoms with Crippen LogP contribution in [0.1, 0.15) is 12.0 Å². The lowest BCUT2D eigenvalue weighted by atomic mass is 10.1. The summed E-state index contributed by atoms with van der Waals surface area (Å²) >= 11 is 0. The Hall–Kier alpha value is -1.55. The number of hydrogen-bond acceptors (Lipinski definition) is 3. The molecule has 92 valence electrons. The molecule has 1 N–H and O–H groups in total. The Morgan fingerprint density at radius 3 is 3.06 bits per heavy atom. The van der Waals surface area contributed by atoms with E-state index in [1.165, 1.54) is 0 Å². The third-order valence-electron chi connectivity index (χ3n) is 2.97. The van der Waals surface area contributed by atoms with Gasteiger partial charge in [-0.25, -0.2) is 4.79 Å². The van der Waals surface area contributed by atoms with Crippen molar-refractivity contribution in [3.05, 3.63) is 29.8 Å². The van der Waals surface area contributed by atoms with Gasteiger partial charge in [0.1, 0.15) is 6.61 Å². The topological polar surface area (TPSA) is 41.6 Å². The van der Waals surface area contributed by atoms with Gasteiger partial charge in [0.25, 0.3) is 0 Å².